The van der Waals surface area contributed by atoms with E-state index in [0.29, 0.717) is 24.0 Å². The van der Waals surface area contributed by atoms with E-state index in [0.717, 1.165) is 5.56 Å². The molecular weight excluding hydrogens is 361 g/mol. The normalized spacial score (nSPS) is 12.7. The molecule has 0 fully saturated rings. The van der Waals surface area contributed by atoms with Gasteiger partial charge in [-0.15, -0.1) is 24.0 Å². The molecule has 2 N–H and O–H groups in total. The zero-order valence-electron chi connectivity index (χ0n) is 10.7. The van der Waals surface area contributed by atoms with E-state index < -0.39 is 10.8 Å². The van der Waals surface area contributed by atoms with Crippen LogP contribution in [0.4, 0.5) is 0 Å². The van der Waals surface area contributed by atoms with Gasteiger partial charge in [-0.1, -0.05) is 30.3 Å². The monoisotopic (exact) mass is 381 g/mol. The maximum Gasteiger partial charge on any atom is 0.190 e. The highest BCUT2D eigenvalue weighted by Gasteiger charge is 2.01. The van der Waals surface area contributed by atoms with Crippen molar-refractivity contribution in [2.45, 2.75) is 5.75 Å². The number of rotatable bonds is 5. The Balaban J connectivity index is 0.00000289. The highest BCUT2D eigenvalue weighted by atomic mass is 127. The molecule has 0 saturated heterocycles. The lowest BCUT2D eigenvalue weighted by Gasteiger charge is -2.10. The minimum absolute atomic E-state index is 0. The lowest BCUT2D eigenvalue weighted by Crippen LogP contribution is -2.30. The summed E-state index contributed by atoms with van der Waals surface area (Å²) in [7, 11) is 2.78. The summed E-state index contributed by atoms with van der Waals surface area (Å²) < 4.78 is 11.8. The van der Waals surface area contributed by atoms with E-state index in [1.807, 2.05) is 44.4 Å². The van der Waals surface area contributed by atoms with Crippen LogP contribution in [0.2, 0.25) is 0 Å². The first-order valence-corrected chi connectivity index (χ1v) is 6.94. The van der Waals surface area contributed by atoms with Gasteiger partial charge in [-0.25, -0.2) is 0 Å². The van der Waals surface area contributed by atoms with Crippen LogP contribution in [0.3, 0.4) is 0 Å². The van der Waals surface area contributed by atoms with E-state index in [-0.39, 0.29) is 24.0 Å². The van der Waals surface area contributed by atoms with Crippen molar-refractivity contribution in [3.63, 3.8) is 0 Å². The molecule has 18 heavy (non-hydrogen) atoms. The van der Waals surface area contributed by atoms with Gasteiger partial charge in [-0.3, -0.25) is 9.20 Å². The predicted octanol–water partition coefficient (Wildman–Crippen LogP) is 1.43. The molecule has 0 aromatic heterocycles. The quantitative estimate of drug-likeness (QED) is 0.477. The number of aliphatic imine (C=N–C) groups is 1. The molecule has 1 unspecified atom stereocenters. The predicted molar refractivity (Wildman–Crippen MR) is 88.7 cm³/mol. The number of hydrogen-bond donors (Lipinski definition) is 1. The Hall–Kier alpha value is -0.630. The second-order valence-electron chi connectivity index (χ2n) is 3.91. The van der Waals surface area contributed by atoms with E-state index in [1.165, 1.54) is 0 Å². The molecule has 0 amide bonds. The van der Waals surface area contributed by atoms with Crippen molar-refractivity contribution in [3.8, 4) is 0 Å². The van der Waals surface area contributed by atoms with Crippen molar-refractivity contribution < 1.29 is 4.21 Å². The van der Waals surface area contributed by atoms with E-state index >= 15 is 0 Å². The highest BCUT2D eigenvalue weighted by molar-refractivity contribution is 14.0. The van der Waals surface area contributed by atoms with Crippen molar-refractivity contribution >= 4 is 40.7 Å². The first kappa shape index (κ1) is 17.4. The van der Waals surface area contributed by atoms with E-state index in [4.69, 9.17) is 5.73 Å². The van der Waals surface area contributed by atoms with Crippen LogP contribution in [-0.2, 0) is 16.6 Å². The van der Waals surface area contributed by atoms with Crippen LogP contribution < -0.4 is 5.73 Å². The van der Waals surface area contributed by atoms with E-state index in [1.54, 1.807) is 4.90 Å². The fourth-order valence-corrected chi connectivity index (χ4v) is 2.24. The van der Waals surface area contributed by atoms with Crippen LogP contribution in [0.5, 0.6) is 0 Å². The standard InChI is InChI=1S/C12H19N3OS.HI/c1-15(2)12(13)14-8-9-17(16)10-11-6-4-3-5-7-11;/h3-7H,8-10H2,1-2H3,(H2,13,14);1H. The van der Waals surface area contributed by atoms with Crippen molar-refractivity contribution in [2.75, 3.05) is 26.4 Å². The molecule has 0 aliphatic carbocycles. The van der Waals surface area contributed by atoms with Crippen molar-refractivity contribution in [1.29, 1.82) is 0 Å². The Morgan fingerprint density at radius 1 is 1.33 bits per heavy atom. The molecule has 1 atom stereocenters. The average Bonchev–Trinajstić information content (AvgIpc) is 2.30. The van der Waals surface area contributed by atoms with Gasteiger partial charge in [0.15, 0.2) is 5.96 Å². The number of benzene rings is 1. The Kier molecular flexibility index (Phi) is 8.99. The van der Waals surface area contributed by atoms with Crippen LogP contribution in [0.1, 0.15) is 5.56 Å². The molecule has 0 saturated carbocycles. The Bertz CT molecular complexity index is 396. The molecular formula is C12H20IN3OS. The summed E-state index contributed by atoms with van der Waals surface area (Å²) in [6.07, 6.45) is 0. The topological polar surface area (TPSA) is 58.7 Å². The molecule has 0 aliphatic rings. The second kappa shape index (κ2) is 9.32. The fourth-order valence-electron chi connectivity index (χ4n) is 1.24. The van der Waals surface area contributed by atoms with Gasteiger partial charge in [-0.2, -0.15) is 0 Å². The number of guanidine groups is 1. The lowest BCUT2D eigenvalue weighted by atomic mass is 10.2. The summed E-state index contributed by atoms with van der Waals surface area (Å²) >= 11 is 0. The van der Waals surface area contributed by atoms with Crippen LogP contribution in [0, 0.1) is 0 Å². The van der Waals surface area contributed by atoms with Crippen LogP contribution in [0.25, 0.3) is 0 Å². The second-order valence-corrected chi connectivity index (χ2v) is 5.48. The molecule has 0 radical (unpaired) electrons. The molecule has 1 aromatic carbocycles. The minimum atomic E-state index is -0.882. The zero-order valence-corrected chi connectivity index (χ0v) is 13.9. The van der Waals surface area contributed by atoms with E-state index in [9.17, 15) is 4.21 Å². The van der Waals surface area contributed by atoms with Gasteiger partial charge in [0.1, 0.15) is 0 Å². The summed E-state index contributed by atoms with van der Waals surface area (Å²) in [6.45, 7) is 0.503. The first-order valence-electron chi connectivity index (χ1n) is 5.45. The third-order valence-electron chi connectivity index (χ3n) is 2.22. The number of hydrogen-bond acceptors (Lipinski definition) is 2. The Morgan fingerprint density at radius 2 is 1.94 bits per heavy atom. The molecule has 0 aliphatic heterocycles. The van der Waals surface area contributed by atoms with Crippen LogP contribution >= 0.6 is 24.0 Å². The lowest BCUT2D eigenvalue weighted by molar-refractivity contribution is 0.610. The third-order valence-corrected chi connectivity index (χ3v) is 3.51. The van der Waals surface area contributed by atoms with Gasteiger partial charge in [-0.05, 0) is 5.56 Å². The first-order chi connectivity index (χ1) is 8.09. The molecule has 0 heterocycles. The minimum Gasteiger partial charge on any atom is -0.370 e. The molecule has 4 nitrogen and oxygen atoms in total. The Labute approximate surface area is 128 Å². The van der Waals surface area contributed by atoms with Crippen molar-refractivity contribution in [1.82, 2.24) is 4.90 Å². The van der Waals surface area contributed by atoms with Gasteiger partial charge in [0.05, 0.1) is 6.54 Å². The number of halogens is 1. The molecule has 0 spiro atoms. The average molecular weight is 381 g/mol. The van der Waals surface area contributed by atoms with E-state index in [2.05, 4.69) is 4.99 Å². The van der Waals surface area contributed by atoms with Crippen LogP contribution in [0.15, 0.2) is 35.3 Å². The zero-order chi connectivity index (χ0) is 12.7. The molecule has 102 valence electrons. The van der Waals surface area contributed by atoms with Gasteiger partial charge in [0.25, 0.3) is 0 Å². The van der Waals surface area contributed by atoms with Gasteiger partial charge in [0.2, 0.25) is 0 Å². The molecule has 1 rings (SSSR count). The third kappa shape index (κ3) is 6.95. The smallest absolute Gasteiger partial charge is 0.190 e. The molecule has 0 bridgehead atoms. The summed E-state index contributed by atoms with van der Waals surface area (Å²) in [5.74, 6) is 1.60. The Morgan fingerprint density at radius 3 is 2.50 bits per heavy atom. The summed E-state index contributed by atoms with van der Waals surface area (Å²) in [5.41, 5.74) is 6.73. The van der Waals surface area contributed by atoms with Gasteiger partial charge in [0, 0.05) is 36.4 Å². The maximum absolute atomic E-state index is 11.8. The highest BCUT2D eigenvalue weighted by Crippen LogP contribution is 2.02. The number of nitrogens with two attached hydrogens (primary N) is 1. The summed E-state index contributed by atoms with van der Waals surface area (Å²) in [6, 6.07) is 9.82. The summed E-state index contributed by atoms with van der Waals surface area (Å²) in [5, 5.41) is 0. The van der Waals surface area contributed by atoms with Crippen molar-refractivity contribution in [3.05, 3.63) is 35.9 Å². The van der Waals surface area contributed by atoms with Crippen LogP contribution in [-0.4, -0.2) is 41.5 Å². The maximum atomic E-state index is 11.8. The number of nitrogens with zero attached hydrogens (tertiary/aromatic N) is 2. The van der Waals surface area contributed by atoms with Gasteiger partial charge >= 0.3 is 0 Å². The summed E-state index contributed by atoms with van der Waals surface area (Å²) in [4.78, 5) is 5.87. The molecule has 6 heteroatoms. The van der Waals surface area contributed by atoms with Gasteiger partial charge < -0.3 is 10.6 Å². The SMILES string of the molecule is CN(C)C(N)=NCCS(=O)Cc1ccccc1.I. The largest absolute Gasteiger partial charge is 0.370 e. The fraction of sp³-hybridized carbons (Fsp3) is 0.417. The molecule has 1 aromatic rings. The van der Waals surface area contributed by atoms with Crippen molar-refractivity contribution in [2.24, 2.45) is 10.7 Å².